The molecule has 2 amide bonds. The summed E-state index contributed by atoms with van der Waals surface area (Å²) in [6, 6.07) is 4.82. The molecule has 3 rings (SSSR count). The first-order valence-corrected chi connectivity index (χ1v) is 5.89. The number of fused-ring (bicyclic) bond motifs is 1. The van der Waals surface area contributed by atoms with Crippen LogP contribution in [0.3, 0.4) is 0 Å². The highest BCUT2D eigenvalue weighted by atomic mass is 16.5. The Bertz CT molecular complexity index is 547. The van der Waals surface area contributed by atoms with Crippen molar-refractivity contribution >= 4 is 17.5 Å². The van der Waals surface area contributed by atoms with E-state index in [0.717, 1.165) is 0 Å². The second-order valence-corrected chi connectivity index (χ2v) is 5.05. The summed E-state index contributed by atoms with van der Waals surface area (Å²) in [6.45, 7) is 2.85. The van der Waals surface area contributed by atoms with E-state index < -0.39 is 5.54 Å². The summed E-state index contributed by atoms with van der Waals surface area (Å²) < 4.78 is 5.32. The van der Waals surface area contributed by atoms with E-state index in [4.69, 9.17) is 10.5 Å². The summed E-state index contributed by atoms with van der Waals surface area (Å²) in [4.78, 5) is 26.0. The van der Waals surface area contributed by atoms with Crippen molar-refractivity contribution in [1.82, 2.24) is 4.90 Å². The molecule has 94 valence electrons. The van der Waals surface area contributed by atoms with Crippen LogP contribution in [-0.2, 0) is 4.74 Å². The van der Waals surface area contributed by atoms with Crippen molar-refractivity contribution in [3.63, 3.8) is 0 Å². The van der Waals surface area contributed by atoms with Gasteiger partial charge in [-0.05, 0) is 31.5 Å². The normalized spacial score (nSPS) is 26.8. The summed E-state index contributed by atoms with van der Waals surface area (Å²) in [5, 5.41) is 0. The minimum absolute atomic E-state index is 0.247. The van der Waals surface area contributed by atoms with E-state index in [1.165, 1.54) is 4.90 Å². The Kier molecular flexibility index (Phi) is 2.22. The molecule has 0 bridgehead atoms. The molecule has 1 fully saturated rings. The van der Waals surface area contributed by atoms with Crippen molar-refractivity contribution in [2.24, 2.45) is 0 Å². The van der Waals surface area contributed by atoms with Crippen LogP contribution in [0.5, 0.6) is 0 Å². The van der Waals surface area contributed by atoms with Crippen LogP contribution in [0.1, 0.15) is 34.1 Å². The number of nitrogen functional groups attached to an aromatic ring is 1. The molecule has 5 heteroatoms. The van der Waals surface area contributed by atoms with Gasteiger partial charge in [0.15, 0.2) is 0 Å². The van der Waals surface area contributed by atoms with Crippen molar-refractivity contribution < 1.29 is 14.3 Å². The van der Waals surface area contributed by atoms with Gasteiger partial charge in [0, 0.05) is 12.3 Å². The van der Waals surface area contributed by atoms with Gasteiger partial charge >= 0.3 is 0 Å². The number of hydrogen-bond acceptors (Lipinski definition) is 4. The average Bonchev–Trinajstić information content (AvgIpc) is 2.85. The number of imide groups is 1. The molecule has 1 aromatic carbocycles. The molecule has 1 saturated heterocycles. The maximum Gasteiger partial charge on any atom is 0.262 e. The topological polar surface area (TPSA) is 72.6 Å². The molecule has 0 spiro atoms. The summed E-state index contributed by atoms with van der Waals surface area (Å²) in [6.07, 6.45) is 0.675. The molecule has 0 aliphatic carbocycles. The Morgan fingerprint density at radius 3 is 2.67 bits per heavy atom. The number of rotatable bonds is 1. The maximum absolute atomic E-state index is 12.3. The van der Waals surface area contributed by atoms with E-state index in [0.29, 0.717) is 36.4 Å². The molecule has 2 aliphatic rings. The minimum atomic E-state index is -0.540. The molecule has 18 heavy (non-hydrogen) atoms. The van der Waals surface area contributed by atoms with E-state index in [9.17, 15) is 9.59 Å². The molecule has 5 nitrogen and oxygen atoms in total. The molecular formula is C13H14N2O3. The zero-order valence-electron chi connectivity index (χ0n) is 10.1. The predicted molar refractivity (Wildman–Crippen MR) is 65.2 cm³/mol. The highest BCUT2D eigenvalue weighted by molar-refractivity contribution is 6.22. The van der Waals surface area contributed by atoms with Crippen LogP contribution in [0.2, 0.25) is 0 Å². The third-order valence-corrected chi connectivity index (χ3v) is 3.65. The molecule has 1 unspecified atom stereocenters. The standard InChI is InChI=1S/C13H14N2O3/c1-13(4-5-18-7-13)15-11(16)9-3-2-8(14)6-10(9)12(15)17/h2-3,6H,4-5,7,14H2,1H3. The molecular weight excluding hydrogens is 232 g/mol. The van der Waals surface area contributed by atoms with Gasteiger partial charge in [0.2, 0.25) is 0 Å². The Hall–Kier alpha value is -1.88. The molecule has 2 aliphatic heterocycles. The first kappa shape index (κ1) is 11.2. The number of carbonyl (C=O) groups excluding carboxylic acids is 2. The van der Waals surface area contributed by atoms with Gasteiger partial charge in [-0.25, -0.2) is 0 Å². The van der Waals surface area contributed by atoms with E-state index in [1.54, 1.807) is 18.2 Å². The third kappa shape index (κ3) is 1.37. The Morgan fingerprint density at radius 1 is 1.28 bits per heavy atom. The monoisotopic (exact) mass is 246 g/mol. The molecule has 0 saturated carbocycles. The summed E-state index contributed by atoms with van der Waals surface area (Å²) in [5.74, 6) is -0.515. The van der Waals surface area contributed by atoms with Gasteiger partial charge in [0.25, 0.3) is 11.8 Å². The van der Waals surface area contributed by atoms with Gasteiger partial charge in [0.05, 0.1) is 23.3 Å². The third-order valence-electron chi connectivity index (χ3n) is 3.65. The van der Waals surface area contributed by atoms with E-state index in [-0.39, 0.29) is 11.8 Å². The van der Waals surface area contributed by atoms with Crippen molar-refractivity contribution in [2.75, 3.05) is 18.9 Å². The maximum atomic E-state index is 12.3. The van der Waals surface area contributed by atoms with Crippen molar-refractivity contribution in [3.05, 3.63) is 29.3 Å². The van der Waals surface area contributed by atoms with Gasteiger partial charge in [-0.2, -0.15) is 0 Å². The van der Waals surface area contributed by atoms with Gasteiger partial charge in [-0.3, -0.25) is 14.5 Å². The highest BCUT2D eigenvalue weighted by Crippen LogP contribution is 2.34. The lowest BCUT2D eigenvalue weighted by molar-refractivity contribution is 0.0418. The van der Waals surface area contributed by atoms with Crippen molar-refractivity contribution in [3.8, 4) is 0 Å². The molecule has 1 aromatic rings. The quantitative estimate of drug-likeness (QED) is 0.593. The van der Waals surface area contributed by atoms with Crippen LogP contribution in [0.25, 0.3) is 0 Å². The number of anilines is 1. The lowest BCUT2D eigenvalue weighted by Gasteiger charge is -2.31. The van der Waals surface area contributed by atoms with Crippen molar-refractivity contribution in [1.29, 1.82) is 0 Å². The fourth-order valence-corrected chi connectivity index (χ4v) is 2.58. The van der Waals surface area contributed by atoms with E-state index in [2.05, 4.69) is 0 Å². The zero-order chi connectivity index (χ0) is 12.9. The van der Waals surface area contributed by atoms with Crippen LogP contribution < -0.4 is 5.73 Å². The number of nitrogens with zero attached hydrogens (tertiary/aromatic N) is 1. The smallest absolute Gasteiger partial charge is 0.262 e. The van der Waals surface area contributed by atoms with E-state index in [1.807, 2.05) is 6.92 Å². The second kappa shape index (κ2) is 3.55. The van der Waals surface area contributed by atoms with Crippen molar-refractivity contribution in [2.45, 2.75) is 18.9 Å². The Morgan fingerprint density at radius 2 is 2.00 bits per heavy atom. The molecule has 2 heterocycles. The number of nitrogens with two attached hydrogens (primary N) is 1. The van der Waals surface area contributed by atoms with E-state index >= 15 is 0 Å². The van der Waals surface area contributed by atoms with Crippen LogP contribution in [0, 0.1) is 0 Å². The number of benzene rings is 1. The van der Waals surface area contributed by atoms with Crippen LogP contribution >= 0.6 is 0 Å². The number of hydrogen-bond donors (Lipinski definition) is 1. The average molecular weight is 246 g/mol. The van der Waals surface area contributed by atoms with Crippen LogP contribution in [0.4, 0.5) is 5.69 Å². The highest BCUT2D eigenvalue weighted by Gasteiger charge is 2.48. The summed E-state index contributed by atoms with van der Waals surface area (Å²) >= 11 is 0. The van der Waals surface area contributed by atoms with Gasteiger partial charge < -0.3 is 10.5 Å². The zero-order valence-corrected chi connectivity index (χ0v) is 10.1. The fourth-order valence-electron chi connectivity index (χ4n) is 2.58. The predicted octanol–water partition coefficient (Wildman–Crippen LogP) is 1.04. The molecule has 2 N–H and O–H groups in total. The Balaban J connectivity index is 2.07. The molecule has 1 atom stereocenters. The lowest BCUT2D eigenvalue weighted by Crippen LogP contribution is -2.50. The largest absolute Gasteiger partial charge is 0.399 e. The Labute approximate surface area is 105 Å². The van der Waals surface area contributed by atoms with Gasteiger partial charge in [-0.15, -0.1) is 0 Å². The minimum Gasteiger partial charge on any atom is -0.399 e. The molecule has 0 radical (unpaired) electrons. The lowest BCUT2D eigenvalue weighted by atomic mass is 9.99. The molecule has 0 aromatic heterocycles. The fraction of sp³-hybridized carbons (Fsp3) is 0.385. The summed E-state index contributed by atoms with van der Waals surface area (Å²) in [5.41, 5.74) is 6.44. The van der Waals surface area contributed by atoms with Crippen LogP contribution in [0.15, 0.2) is 18.2 Å². The van der Waals surface area contributed by atoms with Gasteiger partial charge in [0.1, 0.15) is 0 Å². The first-order chi connectivity index (χ1) is 8.53. The number of carbonyl (C=O) groups is 2. The van der Waals surface area contributed by atoms with Crippen LogP contribution in [-0.4, -0.2) is 35.5 Å². The SMILES string of the molecule is CC1(N2C(=O)c3ccc(N)cc3C2=O)CCOC1. The first-order valence-electron chi connectivity index (χ1n) is 5.89. The number of ether oxygens (including phenoxy) is 1. The van der Waals surface area contributed by atoms with Gasteiger partial charge in [-0.1, -0.05) is 0 Å². The second-order valence-electron chi connectivity index (χ2n) is 5.05. The number of amides is 2. The summed E-state index contributed by atoms with van der Waals surface area (Å²) in [7, 11) is 0.